The van der Waals surface area contributed by atoms with Gasteiger partial charge >= 0.3 is 0 Å². The average Bonchev–Trinajstić information content (AvgIpc) is 2.17. The second-order valence-electron chi connectivity index (χ2n) is 2.64. The molecule has 1 rings (SSSR count). The fourth-order valence-electron chi connectivity index (χ4n) is 0.873. The summed E-state index contributed by atoms with van der Waals surface area (Å²) >= 11 is 0. The van der Waals surface area contributed by atoms with Gasteiger partial charge in [-0.2, -0.15) is 0 Å². The Kier molecular flexibility index (Phi) is 2.84. The molecule has 13 heavy (non-hydrogen) atoms. The maximum absolute atomic E-state index is 11.0. The molecule has 1 amide bonds. The fraction of sp³-hybridized carbons (Fsp3) is 0.333. The average molecular weight is 180 g/mol. The van der Waals surface area contributed by atoms with Crippen molar-refractivity contribution < 1.29 is 9.53 Å². The topological polar surface area (TPSA) is 42.4 Å². The lowest BCUT2D eigenvalue weighted by atomic mass is 10.4. The van der Waals surface area contributed by atoms with Gasteiger partial charge in [0, 0.05) is 20.0 Å². The number of hydrogen-bond acceptors (Lipinski definition) is 3. The van der Waals surface area contributed by atoms with Gasteiger partial charge in [0.2, 0.25) is 11.8 Å². The first kappa shape index (κ1) is 9.51. The van der Waals surface area contributed by atoms with Crippen LogP contribution in [0.25, 0.3) is 0 Å². The number of ether oxygens (including phenoxy) is 1. The summed E-state index contributed by atoms with van der Waals surface area (Å²) in [5.41, 5.74) is 0.758. The summed E-state index contributed by atoms with van der Waals surface area (Å²) in [6.45, 7) is 1.50. The highest BCUT2D eigenvalue weighted by molar-refractivity contribution is 5.90. The Balaban J connectivity index is 2.85. The summed E-state index contributed by atoms with van der Waals surface area (Å²) in [5, 5.41) is 0. The van der Waals surface area contributed by atoms with E-state index in [1.165, 1.54) is 11.8 Å². The third kappa shape index (κ3) is 2.18. The van der Waals surface area contributed by atoms with Gasteiger partial charge in [-0.25, -0.2) is 4.98 Å². The van der Waals surface area contributed by atoms with Gasteiger partial charge in [-0.05, 0) is 6.07 Å². The lowest BCUT2D eigenvalue weighted by Crippen LogP contribution is -2.22. The van der Waals surface area contributed by atoms with Crippen LogP contribution < -0.4 is 9.64 Å². The van der Waals surface area contributed by atoms with Crippen LogP contribution in [0.2, 0.25) is 0 Å². The van der Waals surface area contributed by atoms with Crippen LogP contribution in [0.5, 0.6) is 5.88 Å². The van der Waals surface area contributed by atoms with E-state index in [1.54, 1.807) is 32.5 Å². The molecule has 0 spiro atoms. The van der Waals surface area contributed by atoms with Gasteiger partial charge in [-0.15, -0.1) is 0 Å². The quantitative estimate of drug-likeness (QED) is 0.683. The fourth-order valence-corrected chi connectivity index (χ4v) is 0.873. The van der Waals surface area contributed by atoms with E-state index >= 15 is 0 Å². The highest BCUT2D eigenvalue weighted by Gasteiger charge is 2.05. The van der Waals surface area contributed by atoms with Gasteiger partial charge in [0.05, 0.1) is 19.0 Å². The van der Waals surface area contributed by atoms with E-state index < -0.39 is 0 Å². The summed E-state index contributed by atoms with van der Waals surface area (Å²) in [5.74, 6) is 0.521. The zero-order valence-corrected chi connectivity index (χ0v) is 7.94. The summed E-state index contributed by atoms with van der Waals surface area (Å²) < 4.78 is 4.89. The van der Waals surface area contributed by atoms with Crippen LogP contribution >= 0.6 is 0 Å². The second kappa shape index (κ2) is 3.89. The molecule has 1 heterocycles. The molecule has 0 fully saturated rings. The summed E-state index contributed by atoms with van der Waals surface area (Å²) in [4.78, 5) is 16.5. The van der Waals surface area contributed by atoms with Gasteiger partial charge in [-0.1, -0.05) is 0 Å². The summed E-state index contributed by atoms with van der Waals surface area (Å²) in [6.07, 6.45) is 1.60. The van der Waals surface area contributed by atoms with Crippen molar-refractivity contribution in [1.82, 2.24) is 4.98 Å². The number of nitrogens with zero attached hydrogens (tertiary/aromatic N) is 2. The molecule has 0 N–H and O–H groups in total. The molecule has 1 aromatic rings. The lowest BCUT2D eigenvalue weighted by Gasteiger charge is -2.14. The molecule has 0 aliphatic rings. The molecule has 0 saturated carbocycles. The van der Waals surface area contributed by atoms with E-state index in [9.17, 15) is 4.79 Å². The molecule has 0 unspecified atom stereocenters. The Morgan fingerprint density at radius 2 is 2.23 bits per heavy atom. The molecular formula is C9H12N2O2. The van der Waals surface area contributed by atoms with Crippen LogP contribution in [-0.4, -0.2) is 25.0 Å². The van der Waals surface area contributed by atoms with E-state index in [-0.39, 0.29) is 5.91 Å². The van der Waals surface area contributed by atoms with Crippen molar-refractivity contribution in [3.63, 3.8) is 0 Å². The van der Waals surface area contributed by atoms with Crippen LogP contribution in [0.15, 0.2) is 18.3 Å². The number of aromatic nitrogens is 1. The zero-order chi connectivity index (χ0) is 9.84. The Morgan fingerprint density at radius 1 is 1.54 bits per heavy atom. The van der Waals surface area contributed by atoms with E-state index in [1.807, 2.05) is 0 Å². The van der Waals surface area contributed by atoms with Crippen molar-refractivity contribution in [1.29, 1.82) is 0 Å². The number of methoxy groups -OCH3 is 1. The number of amides is 1. The second-order valence-corrected chi connectivity index (χ2v) is 2.64. The van der Waals surface area contributed by atoms with Crippen molar-refractivity contribution in [3.05, 3.63) is 18.3 Å². The monoisotopic (exact) mass is 180 g/mol. The molecule has 4 heteroatoms. The van der Waals surface area contributed by atoms with Gasteiger partial charge in [0.25, 0.3) is 0 Å². The Hall–Kier alpha value is -1.58. The first-order valence-electron chi connectivity index (χ1n) is 3.89. The molecule has 0 bridgehead atoms. The number of hydrogen-bond donors (Lipinski definition) is 0. The van der Waals surface area contributed by atoms with Crippen LogP contribution in [0.4, 0.5) is 5.69 Å². The predicted octanol–water partition coefficient (Wildman–Crippen LogP) is 1.07. The minimum Gasteiger partial charge on any atom is -0.481 e. The number of anilines is 1. The standard InChI is InChI=1S/C9H12N2O2/c1-7(12)11(2)8-4-5-9(13-3)10-6-8/h4-6H,1-3H3. The maximum Gasteiger partial charge on any atom is 0.223 e. The number of rotatable bonds is 2. The molecule has 0 aromatic carbocycles. The molecule has 0 atom stereocenters. The number of carbonyl (C=O) groups is 1. The van der Waals surface area contributed by atoms with Gasteiger partial charge in [0.1, 0.15) is 0 Å². The van der Waals surface area contributed by atoms with E-state index in [0.717, 1.165) is 5.69 Å². The molecule has 4 nitrogen and oxygen atoms in total. The van der Waals surface area contributed by atoms with E-state index in [4.69, 9.17) is 4.74 Å². The van der Waals surface area contributed by atoms with Crippen LogP contribution in [0.1, 0.15) is 6.92 Å². The van der Waals surface area contributed by atoms with Crippen molar-refractivity contribution >= 4 is 11.6 Å². The summed E-state index contributed by atoms with van der Waals surface area (Å²) in [6, 6.07) is 3.50. The number of carbonyl (C=O) groups excluding carboxylic acids is 1. The zero-order valence-electron chi connectivity index (χ0n) is 7.94. The lowest BCUT2D eigenvalue weighted by molar-refractivity contribution is -0.116. The smallest absolute Gasteiger partial charge is 0.223 e. The largest absolute Gasteiger partial charge is 0.481 e. The minimum atomic E-state index is -0.0213. The third-order valence-corrected chi connectivity index (χ3v) is 1.79. The van der Waals surface area contributed by atoms with Gasteiger partial charge in [-0.3, -0.25) is 4.79 Å². The highest BCUT2D eigenvalue weighted by Crippen LogP contribution is 2.14. The molecule has 0 aliphatic carbocycles. The summed E-state index contributed by atoms with van der Waals surface area (Å²) in [7, 11) is 3.25. The normalized spacial score (nSPS) is 9.46. The van der Waals surface area contributed by atoms with Crippen molar-refractivity contribution in [2.24, 2.45) is 0 Å². The van der Waals surface area contributed by atoms with E-state index in [0.29, 0.717) is 5.88 Å². The van der Waals surface area contributed by atoms with Gasteiger partial charge in [0.15, 0.2) is 0 Å². The Labute approximate surface area is 77.1 Å². The minimum absolute atomic E-state index is 0.0213. The predicted molar refractivity (Wildman–Crippen MR) is 49.9 cm³/mol. The van der Waals surface area contributed by atoms with Crippen molar-refractivity contribution in [2.75, 3.05) is 19.1 Å². The Morgan fingerprint density at radius 3 is 2.62 bits per heavy atom. The molecule has 0 radical (unpaired) electrons. The maximum atomic E-state index is 11.0. The van der Waals surface area contributed by atoms with Crippen molar-refractivity contribution in [3.8, 4) is 5.88 Å². The van der Waals surface area contributed by atoms with Gasteiger partial charge < -0.3 is 9.64 Å². The molecular weight excluding hydrogens is 168 g/mol. The molecule has 0 aliphatic heterocycles. The third-order valence-electron chi connectivity index (χ3n) is 1.79. The first-order chi connectivity index (χ1) is 6.15. The first-order valence-corrected chi connectivity index (χ1v) is 3.89. The molecule has 0 saturated heterocycles. The van der Waals surface area contributed by atoms with Crippen LogP contribution in [0.3, 0.4) is 0 Å². The van der Waals surface area contributed by atoms with E-state index in [2.05, 4.69) is 4.98 Å². The van der Waals surface area contributed by atoms with Crippen LogP contribution in [0, 0.1) is 0 Å². The molecule has 70 valence electrons. The Bertz CT molecular complexity index is 295. The van der Waals surface area contributed by atoms with Crippen molar-refractivity contribution in [2.45, 2.75) is 6.92 Å². The SMILES string of the molecule is COc1ccc(N(C)C(C)=O)cn1. The highest BCUT2D eigenvalue weighted by atomic mass is 16.5. The molecule has 1 aromatic heterocycles. The number of pyridine rings is 1. The van der Waals surface area contributed by atoms with Crippen LogP contribution in [-0.2, 0) is 4.79 Å².